The molecule has 1 amide bonds. The molecule has 144 valence electrons. The van der Waals surface area contributed by atoms with Crippen LogP contribution in [0.5, 0.6) is 5.75 Å². The van der Waals surface area contributed by atoms with Crippen molar-refractivity contribution in [2.45, 2.75) is 33.2 Å². The second-order valence-corrected chi connectivity index (χ2v) is 6.42. The smallest absolute Gasteiger partial charge is 0.307 e. The van der Waals surface area contributed by atoms with Crippen LogP contribution in [0.4, 0.5) is 0 Å². The largest absolute Gasteiger partial charge is 0.484 e. The number of hydrogen-bond acceptors (Lipinski definition) is 4. The summed E-state index contributed by atoms with van der Waals surface area (Å²) in [6.45, 7) is 4.73. The molecule has 0 aliphatic rings. The molecule has 0 aliphatic heterocycles. The van der Waals surface area contributed by atoms with E-state index >= 15 is 0 Å². The molecule has 0 unspecified atom stereocenters. The molecule has 2 rings (SSSR count). The number of nitrogens with zero attached hydrogens (tertiary/aromatic N) is 1. The van der Waals surface area contributed by atoms with Gasteiger partial charge >= 0.3 is 5.97 Å². The lowest BCUT2D eigenvalue weighted by Gasteiger charge is -2.22. The molecule has 2 aromatic carbocycles. The predicted octanol–water partition coefficient (Wildman–Crippen LogP) is 3.53. The van der Waals surface area contributed by atoms with Crippen molar-refractivity contribution in [3.63, 3.8) is 0 Å². The highest BCUT2D eigenvalue weighted by molar-refractivity contribution is 5.78. The zero-order valence-corrected chi connectivity index (χ0v) is 16.2. The molecule has 5 heteroatoms. The minimum absolute atomic E-state index is 0.0692. The fourth-order valence-electron chi connectivity index (χ4n) is 2.63. The second kappa shape index (κ2) is 10.4. The summed E-state index contributed by atoms with van der Waals surface area (Å²) < 4.78 is 10.4. The van der Waals surface area contributed by atoms with Crippen molar-refractivity contribution in [3.8, 4) is 5.75 Å². The first-order valence-corrected chi connectivity index (χ1v) is 9.13. The van der Waals surface area contributed by atoms with Gasteiger partial charge in [0, 0.05) is 13.1 Å². The van der Waals surface area contributed by atoms with Crippen molar-refractivity contribution in [1.29, 1.82) is 0 Å². The molecule has 0 aliphatic carbocycles. The molecule has 27 heavy (non-hydrogen) atoms. The Morgan fingerprint density at radius 3 is 2.44 bits per heavy atom. The Bertz CT molecular complexity index is 755. The summed E-state index contributed by atoms with van der Waals surface area (Å²) in [5, 5.41) is 0. The quantitative estimate of drug-likeness (QED) is 0.635. The average molecular weight is 369 g/mol. The van der Waals surface area contributed by atoms with Crippen LogP contribution in [0.2, 0.25) is 0 Å². The van der Waals surface area contributed by atoms with E-state index < -0.39 is 0 Å². The van der Waals surface area contributed by atoms with Crippen molar-refractivity contribution in [3.05, 3.63) is 65.2 Å². The highest BCUT2D eigenvalue weighted by Crippen LogP contribution is 2.14. The van der Waals surface area contributed by atoms with Gasteiger partial charge in [0.1, 0.15) is 5.75 Å². The van der Waals surface area contributed by atoms with E-state index in [-0.39, 0.29) is 31.4 Å². The number of aryl methyl sites for hydroxylation is 2. The molecule has 5 nitrogen and oxygen atoms in total. The summed E-state index contributed by atoms with van der Waals surface area (Å²) in [5.74, 6) is 0.167. The van der Waals surface area contributed by atoms with E-state index in [9.17, 15) is 9.59 Å². The molecular formula is C22H27NO4. The van der Waals surface area contributed by atoms with Gasteiger partial charge in [0.25, 0.3) is 5.91 Å². The number of esters is 1. The maximum absolute atomic E-state index is 12.7. The SMILES string of the molecule is CCc1cccc(OCC(=O)N(CCC(=O)OC)Cc2ccc(C)cc2)c1. The average Bonchev–Trinajstić information content (AvgIpc) is 2.70. The Balaban J connectivity index is 2.02. The molecule has 0 radical (unpaired) electrons. The lowest BCUT2D eigenvalue weighted by molar-refractivity contribution is -0.142. The number of hydrogen-bond donors (Lipinski definition) is 0. The molecule has 0 heterocycles. The Morgan fingerprint density at radius 2 is 1.78 bits per heavy atom. The van der Waals surface area contributed by atoms with Crippen LogP contribution in [0.3, 0.4) is 0 Å². The van der Waals surface area contributed by atoms with Crippen molar-refractivity contribution < 1.29 is 19.1 Å². The normalized spacial score (nSPS) is 10.3. The van der Waals surface area contributed by atoms with Crippen LogP contribution in [0.1, 0.15) is 30.0 Å². The van der Waals surface area contributed by atoms with Gasteiger partial charge in [-0.1, -0.05) is 48.9 Å². The van der Waals surface area contributed by atoms with Crippen LogP contribution in [-0.2, 0) is 27.3 Å². The van der Waals surface area contributed by atoms with Crippen LogP contribution in [0.15, 0.2) is 48.5 Å². The molecule has 2 aromatic rings. The van der Waals surface area contributed by atoms with Gasteiger partial charge in [-0.3, -0.25) is 9.59 Å². The van der Waals surface area contributed by atoms with Gasteiger partial charge in [-0.2, -0.15) is 0 Å². The third-order valence-corrected chi connectivity index (χ3v) is 4.33. The maximum Gasteiger partial charge on any atom is 0.307 e. The first-order valence-electron chi connectivity index (χ1n) is 9.13. The zero-order chi connectivity index (χ0) is 19.6. The van der Waals surface area contributed by atoms with E-state index in [0.29, 0.717) is 12.3 Å². The first-order chi connectivity index (χ1) is 13.0. The van der Waals surface area contributed by atoms with Crippen LogP contribution in [0.25, 0.3) is 0 Å². The van der Waals surface area contributed by atoms with Gasteiger partial charge in [0.05, 0.1) is 13.5 Å². The molecule has 0 saturated carbocycles. The number of benzene rings is 2. The summed E-state index contributed by atoms with van der Waals surface area (Å²) in [7, 11) is 1.35. The predicted molar refractivity (Wildman–Crippen MR) is 105 cm³/mol. The van der Waals surface area contributed by atoms with Gasteiger partial charge < -0.3 is 14.4 Å². The molecule has 0 N–H and O–H groups in total. The monoisotopic (exact) mass is 369 g/mol. The number of rotatable bonds is 9. The van der Waals surface area contributed by atoms with Gasteiger partial charge in [0.15, 0.2) is 6.61 Å². The van der Waals surface area contributed by atoms with Crippen LogP contribution < -0.4 is 4.74 Å². The maximum atomic E-state index is 12.7. The van der Waals surface area contributed by atoms with Gasteiger partial charge in [0.2, 0.25) is 0 Å². The zero-order valence-electron chi connectivity index (χ0n) is 16.2. The van der Waals surface area contributed by atoms with E-state index in [1.165, 1.54) is 7.11 Å². The fourth-order valence-corrected chi connectivity index (χ4v) is 2.63. The number of methoxy groups -OCH3 is 1. The highest BCUT2D eigenvalue weighted by atomic mass is 16.5. The van der Waals surface area contributed by atoms with Crippen LogP contribution >= 0.6 is 0 Å². The third kappa shape index (κ3) is 6.77. The van der Waals surface area contributed by atoms with E-state index in [1.807, 2.05) is 55.5 Å². The third-order valence-electron chi connectivity index (χ3n) is 4.33. The minimum atomic E-state index is -0.340. The molecule has 0 spiro atoms. The molecule has 0 fully saturated rings. The van der Waals surface area contributed by atoms with E-state index in [2.05, 4.69) is 6.92 Å². The van der Waals surface area contributed by atoms with Crippen molar-refractivity contribution in [2.24, 2.45) is 0 Å². The van der Waals surface area contributed by atoms with E-state index in [4.69, 9.17) is 9.47 Å². The Kier molecular flexibility index (Phi) is 7.86. The van der Waals surface area contributed by atoms with Crippen LogP contribution in [-0.4, -0.2) is 37.0 Å². The molecule has 0 aromatic heterocycles. The topological polar surface area (TPSA) is 55.8 Å². The number of ether oxygens (including phenoxy) is 2. The molecule has 0 atom stereocenters. The summed E-state index contributed by atoms with van der Waals surface area (Å²) in [6, 6.07) is 15.7. The lowest BCUT2D eigenvalue weighted by Crippen LogP contribution is -2.36. The Labute approximate surface area is 160 Å². The Morgan fingerprint density at radius 1 is 1.04 bits per heavy atom. The van der Waals surface area contributed by atoms with Crippen molar-refractivity contribution >= 4 is 11.9 Å². The minimum Gasteiger partial charge on any atom is -0.484 e. The van der Waals surface area contributed by atoms with E-state index in [0.717, 1.165) is 23.1 Å². The lowest BCUT2D eigenvalue weighted by atomic mass is 10.1. The second-order valence-electron chi connectivity index (χ2n) is 6.42. The van der Waals surface area contributed by atoms with Gasteiger partial charge in [-0.05, 0) is 36.6 Å². The fraction of sp³-hybridized carbons (Fsp3) is 0.364. The number of amides is 1. The Hall–Kier alpha value is -2.82. The van der Waals surface area contributed by atoms with Crippen molar-refractivity contribution in [2.75, 3.05) is 20.3 Å². The number of carbonyl (C=O) groups excluding carboxylic acids is 2. The van der Waals surface area contributed by atoms with Gasteiger partial charge in [-0.25, -0.2) is 0 Å². The molecule has 0 saturated heterocycles. The van der Waals surface area contributed by atoms with E-state index in [1.54, 1.807) is 4.90 Å². The summed E-state index contributed by atoms with van der Waals surface area (Å²) >= 11 is 0. The standard InChI is InChI=1S/C22H27NO4/c1-4-18-6-5-7-20(14-18)27-16-21(24)23(13-12-22(25)26-3)15-19-10-8-17(2)9-11-19/h5-11,14H,4,12-13,15-16H2,1-3H3. The van der Waals surface area contributed by atoms with Crippen LogP contribution in [0, 0.1) is 6.92 Å². The van der Waals surface area contributed by atoms with Crippen molar-refractivity contribution in [1.82, 2.24) is 4.90 Å². The number of carbonyl (C=O) groups is 2. The highest BCUT2D eigenvalue weighted by Gasteiger charge is 2.17. The summed E-state index contributed by atoms with van der Waals surface area (Å²) in [4.78, 5) is 25.8. The molecule has 0 bridgehead atoms. The summed E-state index contributed by atoms with van der Waals surface area (Å²) in [5.41, 5.74) is 3.32. The first kappa shape index (κ1) is 20.5. The molecular weight excluding hydrogens is 342 g/mol. The van der Waals surface area contributed by atoms with Gasteiger partial charge in [-0.15, -0.1) is 0 Å². The summed E-state index contributed by atoms with van der Waals surface area (Å²) in [6.07, 6.45) is 1.06.